The lowest BCUT2D eigenvalue weighted by Crippen LogP contribution is -2.45. The Morgan fingerprint density at radius 1 is 1.48 bits per heavy atom. The molecule has 1 fully saturated rings. The van der Waals surface area contributed by atoms with E-state index in [1.165, 1.54) is 0 Å². The number of Topliss-reactive ketones (excluding diaryl/α,β-unsaturated/α-hetero) is 1. The highest BCUT2D eigenvalue weighted by molar-refractivity contribution is 6.32. The molecule has 0 N–H and O–H groups in total. The zero-order chi connectivity index (χ0) is 15.6. The van der Waals surface area contributed by atoms with E-state index in [9.17, 15) is 4.79 Å². The molecular weight excluding hydrogens is 288 g/mol. The van der Waals surface area contributed by atoms with Crippen molar-refractivity contribution in [1.29, 1.82) is 0 Å². The van der Waals surface area contributed by atoms with Crippen molar-refractivity contribution < 1.29 is 9.53 Å². The third-order valence-electron chi connectivity index (χ3n) is 4.76. The van der Waals surface area contributed by atoms with E-state index in [4.69, 9.17) is 16.3 Å². The maximum Gasteiger partial charge on any atom is 0.170 e. The summed E-state index contributed by atoms with van der Waals surface area (Å²) < 4.78 is 7.48. The van der Waals surface area contributed by atoms with Crippen LogP contribution in [-0.2, 0) is 22.5 Å². The van der Waals surface area contributed by atoms with Crippen molar-refractivity contribution in [3.8, 4) is 0 Å². The van der Waals surface area contributed by atoms with Crippen molar-refractivity contribution in [3.05, 3.63) is 16.4 Å². The number of hydrogen-bond donors (Lipinski definition) is 0. The topological polar surface area (TPSA) is 44.1 Å². The molecule has 0 unspecified atom stereocenters. The number of halogens is 1. The van der Waals surface area contributed by atoms with E-state index in [1.54, 1.807) is 7.11 Å². The van der Waals surface area contributed by atoms with Gasteiger partial charge >= 0.3 is 0 Å². The molecule has 0 aliphatic heterocycles. The number of rotatable bonds is 5. The second kappa shape index (κ2) is 6.49. The Bertz CT molecular complexity index is 517. The molecule has 118 valence electrons. The lowest BCUT2D eigenvalue weighted by molar-refractivity contribution is -0.145. The minimum atomic E-state index is -0.632. The predicted octanol–water partition coefficient (Wildman–Crippen LogP) is 3.57. The largest absolute Gasteiger partial charge is 0.370 e. The molecule has 0 saturated heterocycles. The highest BCUT2D eigenvalue weighted by Crippen LogP contribution is 2.36. The molecule has 1 aliphatic rings. The normalized spacial score (nSPS) is 26.0. The number of aromatic nitrogens is 2. The van der Waals surface area contributed by atoms with E-state index in [0.29, 0.717) is 23.9 Å². The summed E-state index contributed by atoms with van der Waals surface area (Å²) in [6, 6.07) is 0. The average molecular weight is 313 g/mol. The van der Waals surface area contributed by atoms with Gasteiger partial charge in [0.1, 0.15) is 5.60 Å². The molecule has 0 amide bonds. The first kappa shape index (κ1) is 16.5. The van der Waals surface area contributed by atoms with Crippen LogP contribution in [0.4, 0.5) is 0 Å². The fourth-order valence-corrected chi connectivity index (χ4v) is 3.38. The fraction of sp³-hybridized carbons (Fsp3) is 0.750. The monoisotopic (exact) mass is 312 g/mol. The van der Waals surface area contributed by atoms with E-state index in [-0.39, 0.29) is 5.78 Å². The van der Waals surface area contributed by atoms with Crippen LogP contribution in [0.1, 0.15) is 50.9 Å². The molecule has 1 aromatic rings. The van der Waals surface area contributed by atoms with Crippen LogP contribution in [0.2, 0.25) is 5.02 Å². The number of carbonyl (C=O) groups is 1. The minimum Gasteiger partial charge on any atom is -0.370 e. The Morgan fingerprint density at radius 2 is 2.10 bits per heavy atom. The second-order valence-electron chi connectivity index (χ2n) is 6.14. The predicted molar refractivity (Wildman–Crippen MR) is 83.7 cm³/mol. The number of hydrogen-bond acceptors (Lipinski definition) is 3. The van der Waals surface area contributed by atoms with Gasteiger partial charge in [0.2, 0.25) is 0 Å². The zero-order valence-electron chi connectivity index (χ0n) is 13.4. The van der Waals surface area contributed by atoms with Gasteiger partial charge in [-0.3, -0.25) is 9.48 Å². The fourth-order valence-electron chi connectivity index (χ4n) is 3.18. The Balaban J connectivity index is 2.20. The number of methoxy groups -OCH3 is 1. The van der Waals surface area contributed by atoms with Crippen LogP contribution in [0, 0.1) is 12.8 Å². The van der Waals surface area contributed by atoms with Crippen molar-refractivity contribution in [2.75, 3.05) is 7.11 Å². The van der Waals surface area contributed by atoms with Gasteiger partial charge in [-0.25, -0.2) is 0 Å². The number of nitrogens with zero attached hydrogens (tertiary/aromatic N) is 2. The molecule has 1 aromatic heterocycles. The summed E-state index contributed by atoms with van der Waals surface area (Å²) in [5, 5.41) is 4.99. The number of ether oxygens (including phenoxy) is 1. The van der Waals surface area contributed by atoms with Crippen LogP contribution in [0.5, 0.6) is 0 Å². The molecule has 1 aliphatic carbocycles. The van der Waals surface area contributed by atoms with Crippen molar-refractivity contribution >= 4 is 17.4 Å². The first-order valence-corrected chi connectivity index (χ1v) is 8.11. The summed E-state index contributed by atoms with van der Waals surface area (Å²) in [5.74, 6) is 0.807. The summed E-state index contributed by atoms with van der Waals surface area (Å²) in [4.78, 5) is 12.8. The van der Waals surface area contributed by atoms with Crippen molar-refractivity contribution in [2.45, 2.75) is 65.0 Å². The van der Waals surface area contributed by atoms with E-state index >= 15 is 0 Å². The zero-order valence-corrected chi connectivity index (χ0v) is 14.2. The molecule has 0 atom stereocenters. The third kappa shape index (κ3) is 3.16. The van der Waals surface area contributed by atoms with Gasteiger partial charge in [-0.1, -0.05) is 18.5 Å². The standard InChI is InChI=1S/C16H25ClN2O2/c1-5-19-13(15(17)12(3)18-19)10-14(20)16(21-4)8-6-11(2)7-9-16/h11H,5-10H2,1-4H3. The first-order valence-electron chi connectivity index (χ1n) is 7.73. The lowest BCUT2D eigenvalue weighted by atomic mass is 9.76. The Kier molecular flexibility index (Phi) is 5.10. The van der Waals surface area contributed by atoms with Crippen molar-refractivity contribution in [1.82, 2.24) is 9.78 Å². The van der Waals surface area contributed by atoms with Gasteiger partial charge < -0.3 is 4.74 Å². The molecule has 2 rings (SSSR count). The highest BCUT2D eigenvalue weighted by atomic mass is 35.5. The second-order valence-corrected chi connectivity index (χ2v) is 6.52. The maximum absolute atomic E-state index is 12.8. The molecule has 0 bridgehead atoms. The molecule has 0 spiro atoms. The summed E-state index contributed by atoms with van der Waals surface area (Å²) in [7, 11) is 1.65. The van der Waals surface area contributed by atoms with E-state index in [2.05, 4.69) is 12.0 Å². The van der Waals surface area contributed by atoms with E-state index in [1.807, 2.05) is 18.5 Å². The van der Waals surface area contributed by atoms with Crippen LogP contribution in [-0.4, -0.2) is 28.3 Å². The van der Waals surface area contributed by atoms with Crippen LogP contribution < -0.4 is 0 Å². The Hall–Kier alpha value is -0.870. The molecule has 0 aromatic carbocycles. The maximum atomic E-state index is 12.8. The average Bonchev–Trinajstić information content (AvgIpc) is 2.76. The summed E-state index contributed by atoms with van der Waals surface area (Å²) in [6.07, 6.45) is 4.00. The van der Waals surface area contributed by atoms with Crippen LogP contribution >= 0.6 is 11.6 Å². The molecule has 4 nitrogen and oxygen atoms in total. The summed E-state index contributed by atoms with van der Waals surface area (Å²) in [5.41, 5.74) is 0.966. The van der Waals surface area contributed by atoms with Gasteiger partial charge in [0.15, 0.2) is 5.78 Å². The smallest absolute Gasteiger partial charge is 0.170 e. The summed E-state index contributed by atoms with van der Waals surface area (Å²) >= 11 is 6.31. The van der Waals surface area contributed by atoms with Gasteiger partial charge in [-0.15, -0.1) is 0 Å². The number of ketones is 1. The van der Waals surface area contributed by atoms with Crippen molar-refractivity contribution in [2.24, 2.45) is 5.92 Å². The summed E-state index contributed by atoms with van der Waals surface area (Å²) in [6.45, 7) is 6.83. The van der Waals surface area contributed by atoms with Gasteiger partial charge in [0.05, 0.1) is 22.8 Å². The Morgan fingerprint density at radius 3 is 2.62 bits per heavy atom. The molecule has 21 heavy (non-hydrogen) atoms. The number of aryl methyl sites for hydroxylation is 2. The molecule has 0 radical (unpaired) electrons. The van der Waals surface area contributed by atoms with Crippen LogP contribution in [0.3, 0.4) is 0 Å². The van der Waals surface area contributed by atoms with Gasteiger partial charge in [-0.05, 0) is 45.4 Å². The quantitative estimate of drug-likeness (QED) is 0.835. The van der Waals surface area contributed by atoms with Crippen LogP contribution in [0.25, 0.3) is 0 Å². The highest BCUT2D eigenvalue weighted by Gasteiger charge is 2.41. The minimum absolute atomic E-state index is 0.133. The number of carbonyl (C=O) groups excluding carboxylic acids is 1. The molecule has 5 heteroatoms. The molecule has 1 heterocycles. The Labute approximate surface area is 131 Å². The SMILES string of the molecule is CCn1nc(C)c(Cl)c1CC(=O)C1(OC)CCC(C)CC1. The van der Waals surface area contributed by atoms with E-state index in [0.717, 1.165) is 37.1 Å². The van der Waals surface area contributed by atoms with E-state index < -0.39 is 5.60 Å². The van der Waals surface area contributed by atoms with Crippen molar-refractivity contribution in [3.63, 3.8) is 0 Å². The molecule has 1 saturated carbocycles. The van der Waals surface area contributed by atoms with Crippen LogP contribution in [0.15, 0.2) is 0 Å². The third-order valence-corrected chi connectivity index (χ3v) is 5.25. The van der Waals surface area contributed by atoms with Gasteiger partial charge in [0.25, 0.3) is 0 Å². The van der Waals surface area contributed by atoms with Gasteiger partial charge in [-0.2, -0.15) is 5.10 Å². The van der Waals surface area contributed by atoms with Gasteiger partial charge in [0, 0.05) is 13.7 Å². The first-order chi connectivity index (χ1) is 9.93. The lowest BCUT2D eigenvalue weighted by Gasteiger charge is -2.37. The molecular formula is C16H25ClN2O2.